The van der Waals surface area contributed by atoms with Crippen LogP contribution in [0.25, 0.3) is 0 Å². The van der Waals surface area contributed by atoms with Crippen LogP contribution in [-0.2, 0) is 9.24 Å². The highest BCUT2D eigenvalue weighted by Crippen LogP contribution is 2.14. The van der Waals surface area contributed by atoms with E-state index < -0.39 is 15.1 Å². The monoisotopic (exact) mass is 209 g/mol. The first-order valence-electron chi connectivity index (χ1n) is 2.96. The van der Waals surface area contributed by atoms with Crippen molar-refractivity contribution >= 4 is 25.6 Å². The number of hydrogen-bond donors (Lipinski definition) is 1. The number of nitrogens with one attached hydrogen (secondary N) is 1. The maximum atomic E-state index is 12.7. The van der Waals surface area contributed by atoms with Gasteiger partial charge in [-0.1, -0.05) is 12.1 Å². The largest absolute Gasteiger partial charge is 0.319 e. The van der Waals surface area contributed by atoms with Crippen LogP contribution in [-0.4, -0.2) is 8.42 Å². The third kappa shape index (κ3) is 2.67. The molecule has 0 saturated carbocycles. The summed E-state index contributed by atoms with van der Waals surface area (Å²) < 4.78 is 35.4. The molecule has 0 atom stereocenters. The molecule has 0 saturated heterocycles. The van der Waals surface area contributed by atoms with E-state index in [1.165, 1.54) is 18.2 Å². The Bertz CT molecular complexity index is 379. The Balaban J connectivity index is 2.98. The van der Waals surface area contributed by atoms with Crippen molar-refractivity contribution in [3.8, 4) is 0 Å². The third-order valence-electron chi connectivity index (χ3n) is 1.11. The molecule has 1 aromatic rings. The van der Waals surface area contributed by atoms with Crippen molar-refractivity contribution in [1.82, 2.24) is 0 Å². The van der Waals surface area contributed by atoms with Crippen molar-refractivity contribution in [3.63, 3.8) is 0 Å². The van der Waals surface area contributed by atoms with Gasteiger partial charge in [0.15, 0.2) is 0 Å². The highest BCUT2D eigenvalue weighted by molar-refractivity contribution is 8.14. The lowest BCUT2D eigenvalue weighted by Crippen LogP contribution is -2.05. The van der Waals surface area contributed by atoms with Gasteiger partial charge in [0.1, 0.15) is 5.82 Å². The Labute approximate surface area is 73.7 Å². The summed E-state index contributed by atoms with van der Waals surface area (Å²) >= 11 is 0. The maximum Gasteiger partial charge on any atom is 0.319 e. The van der Waals surface area contributed by atoms with Crippen molar-refractivity contribution in [2.75, 3.05) is 4.72 Å². The lowest BCUT2D eigenvalue weighted by molar-refractivity contribution is 0.610. The van der Waals surface area contributed by atoms with Gasteiger partial charge in [-0.3, -0.25) is 4.72 Å². The molecule has 0 aliphatic rings. The fourth-order valence-electron chi connectivity index (χ4n) is 0.675. The molecule has 0 spiro atoms. The molecule has 0 unspecified atom stereocenters. The first kappa shape index (κ1) is 9.28. The van der Waals surface area contributed by atoms with Gasteiger partial charge in [-0.15, -0.1) is 0 Å². The SMILES string of the molecule is O=S(=O)(Cl)Nc1ccccc1F. The quantitative estimate of drug-likeness (QED) is 0.754. The van der Waals surface area contributed by atoms with Crippen molar-refractivity contribution < 1.29 is 12.8 Å². The number of rotatable bonds is 2. The summed E-state index contributed by atoms with van der Waals surface area (Å²) in [6, 6.07) is 5.34. The van der Waals surface area contributed by atoms with E-state index in [9.17, 15) is 12.8 Å². The van der Waals surface area contributed by atoms with Gasteiger partial charge in [-0.2, -0.15) is 8.42 Å². The summed E-state index contributed by atoms with van der Waals surface area (Å²) in [4.78, 5) is 0. The van der Waals surface area contributed by atoms with Crippen LogP contribution in [0.15, 0.2) is 24.3 Å². The minimum Gasteiger partial charge on any atom is -0.268 e. The molecule has 3 nitrogen and oxygen atoms in total. The van der Waals surface area contributed by atoms with Gasteiger partial charge in [0.25, 0.3) is 0 Å². The Morgan fingerprint density at radius 2 is 1.92 bits per heavy atom. The van der Waals surface area contributed by atoms with Crippen LogP contribution in [0.2, 0.25) is 0 Å². The second kappa shape index (κ2) is 3.28. The summed E-state index contributed by atoms with van der Waals surface area (Å²) in [5, 5.41) is 0. The smallest absolute Gasteiger partial charge is 0.268 e. The molecule has 0 fully saturated rings. The molecule has 1 rings (SSSR count). The van der Waals surface area contributed by atoms with Gasteiger partial charge in [-0.25, -0.2) is 4.39 Å². The molecule has 12 heavy (non-hydrogen) atoms. The second-order valence-electron chi connectivity index (χ2n) is 2.02. The molecule has 0 heterocycles. The molecular formula is C6H5ClFNO2S. The van der Waals surface area contributed by atoms with E-state index in [1.807, 2.05) is 4.72 Å². The summed E-state index contributed by atoms with van der Waals surface area (Å²) in [5.74, 6) is -0.665. The molecule has 0 aliphatic carbocycles. The van der Waals surface area contributed by atoms with E-state index in [-0.39, 0.29) is 5.69 Å². The van der Waals surface area contributed by atoms with E-state index in [2.05, 4.69) is 0 Å². The van der Waals surface area contributed by atoms with Gasteiger partial charge >= 0.3 is 9.24 Å². The molecule has 66 valence electrons. The predicted octanol–water partition coefficient (Wildman–Crippen LogP) is 1.72. The zero-order valence-electron chi connectivity index (χ0n) is 5.79. The molecule has 1 aromatic carbocycles. The highest BCUT2D eigenvalue weighted by Gasteiger charge is 2.07. The van der Waals surface area contributed by atoms with Crippen LogP contribution >= 0.6 is 10.7 Å². The van der Waals surface area contributed by atoms with Crippen LogP contribution in [0.1, 0.15) is 0 Å². The highest BCUT2D eigenvalue weighted by atomic mass is 35.7. The van der Waals surface area contributed by atoms with Crippen molar-refractivity contribution in [1.29, 1.82) is 0 Å². The van der Waals surface area contributed by atoms with E-state index >= 15 is 0 Å². The topological polar surface area (TPSA) is 46.2 Å². The predicted molar refractivity (Wildman–Crippen MR) is 44.8 cm³/mol. The van der Waals surface area contributed by atoms with E-state index in [4.69, 9.17) is 10.7 Å². The fourth-order valence-corrected chi connectivity index (χ4v) is 1.35. The first-order chi connectivity index (χ1) is 5.49. The average Bonchev–Trinajstić information content (AvgIpc) is 1.91. The number of para-hydroxylation sites is 1. The minimum atomic E-state index is -3.92. The normalized spacial score (nSPS) is 11.2. The van der Waals surface area contributed by atoms with Gasteiger partial charge in [0.2, 0.25) is 0 Å². The van der Waals surface area contributed by atoms with Crippen LogP contribution in [0.5, 0.6) is 0 Å². The standard InChI is InChI=1S/C6H5ClFNO2S/c7-12(10,11)9-6-4-2-1-3-5(6)8/h1-4,9H. The minimum absolute atomic E-state index is 0.160. The Kier molecular flexibility index (Phi) is 2.54. The lowest BCUT2D eigenvalue weighted by Gasteiger charge is -2.01. The molecule has 1 N–H and O–H groups in total. The van der Waals surface area contributed by atoms with Crippen molar-refractivity contribution in [2.45, 2.75) is 0 Å². The average molecular weight is 210 g/mol. The van der Waals surface area contributed by atoms with Gasteiger partial charge < -0.3 is 0 Å². The van der Waals surface area contributed by atoms with E-state index in [1.54, 1.807) is 0 Å². The number of benzene rings is 1. The first-order valence-corrected chi connectivity index (χ1v) is 5.27. The van der Waals surface area contributed by atoms with Gasteiger partial charge in [0, 0.05) is 10.7 Å². The van der Waals surface area contributed by atoms with Crippen LogP contribution in [0, 0.1) is 5.82 Å². The zero-order valence-corrected chi connectivity index (χ0v) is 7.36. The fraction of sp³-hybridized carbons (Fsp3) is 0. The van der Waals surface area contributed by atoms with Crippen LogP contribution in [0.4, 0.5) is 10.1 Å². The van der Waals surface area contributed by atoms with Crippen molar-refractivity contribution in [2.24, 2.45) is 0 Å². The van der Waals surface area contributed by atoms with Crippen molar-refractivity contribution in [3.05, 3.63) is 30.1 Å². The van der Waals surface area contributed by atoms with Crippen LogP contribution < -0.4 is 4.72 Å². The summed E-state index contributed by atoms with van der Waals surface area (Å²) in [6.07, 6.45) is 0. The summed E-state index contributed by atoms with van der Waals surface area (Å²) in [7, 11) is 0.917. The van der Waals surface area contributed by atoms with E-state index in [0.29, 0.717) is 0 Å². The molecule has 0 bridgehead atoms. The maximum absolute atomic E-state index is 12.7. The molecule has 6 heteroatoms. The Morgan fingerprint density at radius 1 is 1.33 bits per heavy atom. The summed E-state index contributed by atoms with van der Waals surface area (Å²) in [5.41, 5.74) is -0.160. The Hall–Kier alpha value is -0.810. The molecule has 0 radical (unpaired) electrons. The number of hydrogen-bond acceptors (Lipinski definition) is 2. The Morgan fingerprint density at radius 3 is 2.42 bits per heavy atom. The van der Waals surface area contributed by atoms with Gasteiger partial charge in [-0.05, 0) is 12.1 Å². The molecule has 0 amide bonds. The molecular weight excluding hydrogens is 205 g/mol. The second-order valence-corrected chi connectivity index (χ2v) is 4.32. The molecule has 0 aliphatic heterocycles. The van der Waals surface area contributed by atoms with Gasteiger partial charge in [0.05, 0.1) is 5.69 Å². The zero-order chi connectivity index (χ0) is 9.19. The third-order valence-corrected chi connectivity index (χ3v) is 1.80. The summed E-state index contributed by atoms with van der Waals surface area (Å²) in [6.45, 7) is 0. The lowest BCUT2D eigenvalue weighted by atomic mass is 10.3. The molecule has 0 aromatic heterocycles. The number of anilines is 1. The van der Waals surface area contributed by atoms with Crippen LogP contribution in [0.3, 0.4) is 0 Å². The number of halogens is 2. The van der Waals surface area contributed by atoms with E-state index in [0.717, 1.165) is 6.07 Å².